The second kappa shape index (κ2) is 19.1. The van der Waals surface area contributed by atoms with Gasteiger partial charge in [-0.1, -0.05) is 163 Å². The fourth-order valence-corrected chi connectivity index (χ4v) is 7.78. The predicted molar refractivity (Wildman–Crippen MR) is 271 cm³/mol. The Morgan fingerprint density at radius 2 is 0.381 bits per heavy atom. The normalized spacial score (nSPS) is 11.2. The van der Waals surface area contributed by atoms with Gasteiger partial charge in [0.2, 0.25) is 0 Å². The Balaban J connectivity index is 0.895. The molecule has 304 valence electrons. The van der Waals surface area contributed by atoms with Gasteiger partial charge in [-0.2, -0.15) is 0 Å². The highest BCUT2D eigenvalue weighted by Gasteiger charge is 2.15. The summed E-state index contributed by atoms with van der Waals surface area (Å²) in [5.41, 5.74) is 17.1. The lowest BCUT2D eigenvalue weighted by molar-refractivity contribution is 1.27. The fraction of sp³-hybridized carbons (Fsp3) is 0.0333. The van der Waals surface area contributed by atoms with Crippen LogP contribution in [0.25, 0.3) is 24.3 Å². The maximum Gasteiger partial charge on any atom is 0.0462 e. The molecule has 63 heavy (non-hydrogen) atoms. The molecule has 0 atom stereocenters. The Labute approximate surface area is 372 Å². The summed E-state index contributed by atoms with van der Waals surface area (Å²) in [6, 6.07) is 84.0. The smallest absolute Gasteiger partial charge is 0.0462 e. The van der Waals surface area contributed by atoms with Crippen molar-refractivity contribution >= 4 is 75.5 Å². The van der Waals surface area contributed by atoms with Crippen molar-refractivity contribution in [3.63, 3.8) is 0 Å². The third-order valence-corrected chi connectivity index (χ3v) is 11.2. The first kappa shape index (κ1) is 40.3. The second-order valence-corrected chi connectivity index (χ2v) is 15.7. The summed E-state index contributed by atoms with van der Waals surface area (Å²) >= 11 is 0. The Morgan fingerprint density at radius 3 is 0.587 bits per heavy atom. The van der Waals surface area contributed by atoms with Crippen LogP contribution in [0.5, 0.6) is 0 Å². The quantitative estimate of drug-likeness (QED) is 0.107. The number of rotatable bonds is 13. The van der Waals surface area contributed by atoms with Gasteiger partial charge in [-0.05, 0) is 145 Å². The van der Waals surface area contributed by atoms with Gasteiger partial charge in [0, 0.05) is 51.2 Å². The third kappa shape index (κ3) is 9.75. The molecule has 0 radical (unpaired) electrons. The van der Waals surface area contributed by atoms with Crippen LogP contribution in [0.4, 0.5) is 51.2 Å². The van der Waals surface area contributed by atoms with E-state index in [2.05, 4.69) is 289 Å². The summed E-state index contributed by atoms with van der Waals surface area (Å²) in [5.74, 6) is 0. The molecule has 0 spiro atoms. The minimum absolute atomic E-state index is 1.10. The largest absolute Gasteiger partial charge is 0.311 e. The Kier molecular flexibility index (Phi) is 12.2. The number of aryl methyl sites for hydroxylation is 2. The zero-order chi connectivity index (χ0) is 42.8. The molecule has 0 saturated carbocycles. The van der Waals surface area contributed by atoms with E-state index in [1.807, 2.05) is 0 Å². The molecule has 3 heteroatoms. The summed E-state index contributed by atoms with van der Waals surface area (Å²) in [5, 5.41) is 0. The molecule has 9 aromatic carbocycles. The lowest BCUT2D eigenvalue weighted by Gasteiger charge is -2.25. The molecule has 0 amide bonds. The molecule has 0 aliphatic rings. The molecule has 0 aliphatic heterocycles. The van der Waals surface area contributed by atoms with Crippen LogP contribution in [-0.4, -0.2) is 0 Å². The molecule has 9 aromatic rings. The van der Waals surface area contributed by atoms with Crippen molar-refractivity contribution in [2.45, 2.75) is 13.8 Å². The highest BCUT2D eigenvalue weighted by atomic mass is 15.2. The zero-order valence-electron chi connectivity index (χ0n) is 35.7. The van der Waals surface area contributed by atoms with Gasteiger partial charge in [0.05, 0.1) is 0 Å². The number of benzene rings is 9. The first-order chi connectivity index (χ1) is 31.0. The highest BCUT2D eigenvalue weighted by molar-refractivity contribution is 5.82. The van der Waals surface area contributed by atoms with Crippen molar-refractivity contribution in [1.82, 2.24) is 0 Å². The van der Waals surface area contributed by atoms with E-state index in [1.54, 1.807) is 0 Å². The number of hydrogen-bond acceptors (Lipinski definition) is 3. The summed E-state index contributed by atoms with van der Waals surface area (Å²) in [7, 11) is 0. The highest BCUT2D eigenvalue weighted by Crippen LogP contribution is 2.38. The van der Waals surface area contributed by atoms with Gasteiger partial charge in [-0.25, -0.2) is 0 Å². The molecule has 9 rings (SSSR count). The SMILES string of the molecule is Cc1ccc(N(c2ccccc2)c2ccc(/C=C/c3ccc(N(c4ccccc4)c4ccc(/C=C/c5ccc(N(c6ccccc6)c6ccc(C)cc6)cc5)cc4)cc3)cc2)cc1. The minimum atomic E-state index is 1.10. The molecular formula is C60H49N3. The van der Waals surface area contributed by atoms with E-state index in [1.165, 1.54) is 11.1 Å². The lowest BCUT2D eigenvalue weighted by atomic mass is 10.1. The van der Waals surface area contributed by atoms with Crippen molar-refractivity contribution in [2.75, 3.05) is 14.7 Å². The molecule has 0 fully saturated rings. The summed E-state index contributed by atoms with van der Waals surface area (Å²) in [6.45, 7) is 4.24. The molecule has 3 nitrogen and oxygen atoms in total. The first-order valence-corrected chi connectivity index (χ1v) is 21.5. The van der Waals surface area contributed by atoms with E-state index < -0.39 is 0 Å². The number of nitrogens with zero attached hydrogens (tertiary/aromatic N) is 3. The van der Waals surface area contributed by atoms with Gasteiger partial charge in [0.25, 0.3) is 0 Å². The first-order valence-electron chi connectivity index (χ1n) is 21.5. The van der Waals surface area contributed by atoms with Crippen molar-refractivity contribution in [2.24, 2.45) is 0 Å². The van der Waals surface area contributed by atoms with E-state index in [4.69, 9.17) is 0 Å². The van der Waals surface area contributed by atoms with E-state index in [-0.39, 0.29) is 0 Å². The van der Waals surface area contributed by atoms with Crippen LogP contribution >= 0.6 is 0 Å². The second-order valence-electron chi connectivity index (χ2n) is 15.7. The van der Waals surface area contributed by atoms with Gasteiger partial charge >= 0.3 is 0 Å². The monoisotopic (exact) mass is 811 g/mol. The molecule has 0 unspecified atom stereocenters. The minimum Gasteiger partial charge on any atom is -0.311 e. The number of anilines is 9. The standard InChI is InChI=1S/C60H49N3/c1-46-18-34-55(35-19-46)61(52-12-6-3-7-13-52)57-38-26-48(27-39-57)22-24-50-30-42-59(43-31-50)63(54-16-10-5-11-17-54)60-44-32-51(33-45-60)25-23-49-28-40-58(41-29-49)62(53-14-8-4-9-15-53)56-36-20-47(2)21-37-56/h3-45H,1-2H3/b24-22+,25-23+. The predicted octanol–water partition coefficient (Wildman–Crippen LogP) is 17.1. The topological polar surface area (TPSA) is 9.72 Å². The van der Waals surface area contributed by atoms with Gasteiger partial charge in [0.15, 0.2) is 0 Å². The van der Waals surface area contributed by atoms with E-state index in [9.17, 15) is 0 Å². The van der Waals surface area contributed by atoms with E-state index in [0.29, 0.717) is 0 Å². The van der Waals surface area contributed by atoms with Crippen LogP contribution in [0.15, 0.2) is 237 Å². The van der Waals surface area contributed by atoms with Crippen molar-refractivity contribution in [3.8, 4) is 0 Å². The zero-order valence-corrected chi connectivity index (χ0v) is 35.7. The fourth-order valence-electron chi connectivity index (χ4n) is 7.78. The van der Waals surface area contributed by atoms with Gasteiger partial charge in [-0.3, -0.25) is 0 Å². The van der Waals surface area contributed by atoms with Gasteiger partial charge in [0.1, 0.15) is 0 Å². The number of para-hydroxylation sites is 3. The maximum atomic E-state index is 2.30. The van der Waals surface area contributed by atoms with Crippen LogP contribution < -0.4 is 14.7 Å². The molecule has 0 aromatic heterocycles. The van der Waals surface area contributed by atoms with Crippen LogP contribution in [0.1, 0.15) is 33.4 Å². The Morgan fingerprint density at radius 1 is 0.206 bits per heavy atom. The average Bonchev–Trinajstić information content (AvgIpc) is 3.34. The third-order valence-electron chi connectivity index (χ3n) is 11.2. The lowest BCUT2D eigenvalue weighted by Crippen LogP contribution is -2.09. The maximum absolute atomic E-state index is 2.30. The Bertz CT molecular complexity index is 2700. The van der Waals surface area contributed by atoms with Crippen LogP contribution in [0.2, 0.25) is 0 Å². The summed E-state index contributed by atoms with van der Waals surface area (Å²) in [6.07, 6.45) is 8.72. The van der Waals surface area contributed by atoms with Gasteiger partial charge < -0.3 is 14.7 Å². The Hall–Kier alpha value is -8.14. The average molecular weight is 812 g/mol. The molecular weight excluding hydrogens is 763 g/mol. The molecule has 0 heterocycles. The van der Waals surface area contributed by atoms with Crippen molar-refractivity contribution in [3.05, 3.63) is 270 Å². The van der Waals surface area contributed by atoms with E-state index in [0.717, 1.165) is 73.4 Å². The van der Waals surface area contributed by atoms with Gasteiger partial charge in [-0.15, -0.1) is 0 Å². The van der Waals surface area contributed by atoms with Crippen molar-refractivity contribution in [1.29, 1.82) is 0 Å². The van der Waals surface area contributed by atoms with Crippen molar-refractivity contribution < 1.29 is 0 Å². The van der Waals surface area contributed by atoms with E-state index >= 15 is 0 Å². The summed E-state index contributed by atoms with van der Waals surface area (Å²) in [4.78, 5) is 6.89. The van der Waals surface area contributed by atoms with Crippen LogP contribution in [0, 0.1) is 13.8 Å². The molecule has 0 aliphatic carbocycles. The molecule has 0 bridgehead atoms. The van der Waals surface area contributed by atoms with Crippen LogP contribution in [-0.2, 0) is 0 Å². The summed E-state index contributed by atoms with van der Waals surface area (Å²) < 4.78 is 0. The van der Waals surface area contributed by atoms with Crippen LogP contribution in [0.3, 0.4) is 0 Å². The molecule has 0 saturated heterocycles. The molecule has 0 N–H and O–H groups in total. The number of hydrogen-bond donors (Lipinski definition) is 0.